The summed E-state index contributed by atoms with van der Waals surface area (Å²) in [6.07, 6.45) is 3.12. The van der Waals surface area contributed by atoms with E-state index in [9.17, 15) is 0 Å². The summed E-state index contributed by atoms with van der Waals surface area (Å²) in [5.74, 6) is 1.09. The van der Waals surface area contributed by atoms with Crippen LogP contribution >= 0.6 is 48.0 Å². The van der Waals surface area contributed by atoms with Crippen LogP contribution in [0.2, 0.25) is 0 Å². The van der Waals surface area contributed by atoms with E-state index >= 15 is 0 Å². The second-order valence-electron chi connectivity index (χ2n) is 2.48. The minimum Gasteiger partial charge on any atom is -0.369 e. The molecule has 0 rings (SSSR count). The largest absolute Gasteiger partial charge is 0.369 e. The van der Waals surface area contributed by atoms with Gasteiger partial charge in [-0.05, 0) is 18.4 Å². The van der Waals surface area contributed by atoms with Crippen molar-refractivity contribution in [2.24, 2.45) is 0 Å². The predicted octanol–water partition coefficient (Wildman–Crippen LogP) is 2.24. The van der Waals surface area contributed by atoms with Crippen LogP contribution in [0.5, 0.6) is 0 Å². The number of hydrogen-bond donors (Lipinski definition) is 2. The monoisotopic (exact) mass is 268 g/mol. The van der Waals surface area contributed by atoms with Gasteiger partial charge >= 0.3 is 0 Å². The average Bonchev–Trinajstić information content (AvgIpc) is 2.21. The molecule has 0 aromatic rings. The zero-order valence-electron chi connectivity index (χ0n) is 8.46. The fraction of sp³-hybridized carbons (Fsp3) is 0.750. The van der Waals surface area contributed by atoms with Crippen molar-refractivity contribution in [3.63, 3.8) is 0 Å². The van der Waals surface area contributed by atoms with E-state index in [0.29, 0.717) is 0 Å². The quantitative estimate of drug-likeness (QED) is 0.586. The van der Waals surface area contributed by atoms with Gasteiger partial charge in [0, 0.05) is 13.1 Å². The molecule has 82 valence electrons. The molecule has 0 spiro atoms. The molecule has 14 heavy (non-hydrogen) atoms. The van der Waals surface area contributed by atoms with Gasteiger partial charge in [0.2, 0.25) is 0 Å². The van der Waals surface area contributed by atoms with Crippen molar-refractivity contribution in [3.05, 3.63) is 0 Å². The number of hydrogen-bond acceptors (Lipinski definition) is 4. The molecule has 0 aromatic carbocycles. The molecule has 0 aliphatic heterocycles. The smallest absolute Gasteiger partial charge is 0.133 e. The van der Waals surface area contributed by atoms with Crippen LogP contribution in [0.4, 0.5) is 0 Å². The summed E-state index contributed by atoms with van der Waals surface area (Å²) in [7, 11) is 0. The van der Waals surface area contributed by atoms with E-state index in [2.05, 4.69) is 17.6 Å². The molecule has 0 unspecified atom stereocenters. The van der Waals surface area contributed by atoms with Gasteiger partial charge in [-0.15, -0.1) is 11.8 Å². The third-order valence-corrected chi connectivity index (χ3v) is 3.96. The van der Waals surface area contributed by atoms with Crippen LogP contribution in [-0.4, -0.2) is 33.7 Å². The van der Waals surface area contributed by atoms with Crippen molar-refractivity contribution < 1.29 is 0 Å². The van der Waals surface area contributed by atoms with Crippen LogP contribution in [0.3, 0.4) is 0 Å². The maximum atomic E-state index is 5.11. The van der Waals surface area contributed by atoms with E-state index in [1.807, 2.05) is 6.26 Å². The zero-order valence-corrected chi connectivity index (χ0v) is 11.7. The van der Waals surface area contributed by atoms with Crippen LogP contribution in [0, 0.1) is 0 Å². The van der Waals surface area contributed by atoms with E-state index in [1.165, 1.54) is 0 Å². The van der Waals surface area contributed by atoms with Gasteiger partial charge in [-0.1, -0.05) is 43.1 Å². The normalized spacial score (nSPS) is 9.57. The molecular formula is C8H16N2S4. The maximum Gasteiger partial charge on any atom is 0.133 e. The Hall–Kier alpha value is 0.480. The molecule has 6 heteroatoms. The molecule has 0 fully saturated rings. The average molecular weight is 268 g/mol. The first kappa shape index (κ1) is 14.5. The van der Waals surface area contributed by atoms with Gasteiger partial charge in [-0.3, -0.25) is 0 Å². The highest BCUT2D eigenvalue weighted by Crippen LogP contribution is 2.02. The van der Waals surface area contributed by atoms with Crippen LogP contribution in [0.25, 0.3) is 0 Å². The predicted molar refractivity (Wildman–Crippen MR) is 77.5 cm³/mol. The lowest BCUT2D eigenvalue weighted by Crippen LogP contribution is -2.31. The molecule has 0 amide bonds. The van der Waals surface area contributed by atoms with Gasteiger partial charge in [-0.25, -0.2) is 0 Å². The Morgan fingerprint density at radius 2 is 1.71 bits per heavy atom. The second kappa shape index (κ2) is 10.0. The summed E-state index contributed by atoms with van der Waals surface area (Å²) >= 11 is 13.4. The first-order valence-corrected chi connectivity index (χ1v) is 7.45. The molecule has 2 N–H and O–H groups in total. The van der Waals surface area contributed by atoms with Crippen molar-refractivity contribution in [1.29, 1.82) is 0 Å². The lowest BCUT2D eigenvalue weighted by Gasteiger charge is -2.08. The van der Waals surface area contributed by atoms with Gasteiger partial charge in [0.1, 0.15) is 8.64 Å². The minimum absolute atomic E-state index is 0.826. The minimum atomic E-state index is 0.826. The van der Waals surface area contributed by atoms with Crippen LogP contribution < -0.4 is 10.6 Å². The Morgan fingerprint density at radius 1 is 1.14 bits per heavy atom. The molecule has 0 aliphatic carbocycles. The molecule has 2 nitrogen and oxygen atoms in total. The molecule has 0 atom stereocenters. The SMILES string of the molecule is CCCSC(=S)NCCNC(=S)SC. The summed E-state index contributed by atoms with van der Waals surface area (Å²) in [4.78, 5) is 0. The molecule has 0 aromatic heterocycles. The fourth-order valence-electron chi connectivity index (χ4n) is 0.647. The summed E-state index contributed by atoms with van der Waals surface area (Å²) in [6, 6.07) is 0. The van der Waals surface area contributed by atoms with Crippen molar-refractivity contribution in [2.45, 2.75) is 13.3 Å². The van der Waals surface area contributed by atoms with Crippen molar-refractivity contribution in [3.8, 4) is 0 Å². The molecule has 0 radical (unpaired) electrons. The number of thiocarbonyl (C=S) groups is 2. The third-order valence-electron chi connectivity index (χ3n) is 1.29. The Bertz CT molecular complexity index is 184. The molecule has 0 bridgehead atoms. The standard InChI is InChI=1S/C8H16N2S4/c1-3-6-14-8(12)10-5-4-9-7(11)13-2/h3-6H2,1-2H3,(H,9,11)(H,10,12). The van der Waals surface area contributed by atoms with Crippen molar-refractivity contribution >= 4 is 56.6 Å². The van der Waals surface area contributed by atoms with E-state index in [4.69, 9.17) is 24.4 Å². The maximum absolute atomic E-state index is 5.11. The van der Waals surface area contributed by atoms with Gasteiger partial charge in [0.25, 0.3) is 0 Å². The lowest BCUT2D eigenvalue weighted by molar-refractivity contribution is 0.833. The van der Waals surface area contributed by atoms with Crippen molar-refractivity contribution in [1.82, 2.24) is 10.6 Å². The molecular weight excluding hydrogens is 252 g/mol. The van der Waals surface area contributed by atoms with Crippen LogP contribution in [0.15, 0.2) is 0 Å². The Labute approximate surface area is 105 Å². The Balaban J connectivity index is 3.27. The van der Waals surface area contributed by atoms with E-state index in [1.54, 1.807) is 23.5 Å². The summed E-state index contributed by atoms with van der Waals surface area (Å²) in [5.41, 5.74) is 0. The highest BCUT2D eigenvalue weighted by atomic mass is 32.2. The first-order valence-electron chi connectivity index (χ1n) is 4.43. The Kier molecular flexibility index (Phi) is 10.4. The first-order chi connectivity index (χ1) is 6.70. The van der Waals surface area contributed by atoms with Gasteiger partial charge in [0.05, 0.1) is 0 Å². The van der Waals surface area contributed by atoms with Gasteiger partial charge in [-0.2, -0.15) is 0 Å². The molecule has 0 heterocycles. The lowest BCUT2D eigenvalue weighted by atomic mass is 10.6. The highest BCUT2D eigenvalue weighted by Gasteiger charge is 1.95. The zero-order chi connectivity index (χ0) is 10.8. The summed E-state index contributed by atoms with van der Waals surface area (Å²) < 4.78 is 1.71. The van der Waals surface area contributed by atoms with Gasteiger partial charge < -0.3 is 10.6 Å². The third kappa shape index (κ3) is 9.05. The van der Waals surface area contributed by atoms with E-state index in [0.717, 1.165) is 33.9 Å². The summed E-state index contributed by atoms with van der Waals surface area (Å²) in [5, 5.41) is 6.27. The fourth-order valence-corrected chi connectivity index (χ4v) is 1.94. The molecule has 0 saturated carbocycles. The van der Waals surface area contributed by atoms with Crippen molar-refractivity contribution in [2.75, 3.05) is 25.1 Å². The molecule has 0 saturated heterocycles. The second-order valence-corrected chi connectivity index (χ2v) is 5.74. The van der Waals surface area contributed by atoms with E-state index in [-0.39, 0.29) is 0 Å². The highest BCUT2D eigenvalue weighted by molar-refractivity contribution is 8.23. The van der Waals surface area contributed by atoms with E-state index < -0.39 is 0 Å². The van der Waals surface area contributed by atoms with Crippen LogP contribution in [0.1, 0.15) is 13.3 Å². The summed E-state index contributed by atoms with van der Waals surface area (Å²) in [6.45, 7) is 3.80. The Morgan fingerprint density at radius 3 is 2.21 bits per heavy atom. The topological polar surface area (TPSA) is 24.1 Å². The van der Waals surface area contributed by atoms with Crippen LogP contribution in [-0.2, 0) is 0 Å². The number of nitrogens with one attached hydrogen (secondary N) is 2. The number of rotatable bonds is 5. The van der Waals surface area contributed by atoms with Gasteiger partial charge in [0.15, 0.2) is 0 Å². The number of thioether (sulfide) groups is 2. The molecule has 0 aliphatic rings.